The van der Waals surface area contributed by atoms with Gasteiger partial charge in [-0.25, -0.2) is 9.86 Å². The quantitative estimate of drug-likeness (QED) is 0.424. The Labute approximate surface area is 97.6 Å². The number of carbonyl (C=O) groups is 3. The highest BCUT2D eigenvalue weighted by Gasteiger charge is 2.52. The third-order valence-corrected chi connectivity index (χ3v) is 2.03. The van der Waals surface area contributed by atoms with Gasteiger partial charge in [-0.15, -0.1) is 0 Å². The fourth-order valence-corrected chi connectivity index (χ4v) is 1.33. The lowest BCUT2D eigenvalue weighted by atomic mass is 9.98. The fourth-order valence-electron chi connectivity index (χ4n) is 1.33. The van der Waals surface area contributed by atoms with Gasteiger partial charge >= 0.3 is 6.09 Å². The summed E-state index contributed by atoms with van der Waals surface area (Å²) in [7, 11) is 0. The maximum atomic E-state index is 11.3. The zero-order chi connectivity index (χ0) is 13.4. The molecular formula is C9H15N3O5. The SMILES string of the molecule is CC(C)(C)OC(=O)N[C@@H]1C(=O)N(O)[C@@H]1C(N)=O. The third-order valence-electron chi connectivity index (χ3n) is 2.03. The van der Waals surface area contributed by atoms with Crippen LogP contribution >= 0.6 is 0 Å². The number of hydrogen-bond acceptors (Lipinski definition) is 5. The second-order valence-electron chi connectivity index (χ2n) is 4.65. The van der Waals surface area contributed by atoms with Crippen molar-refractivity contribution in [3.05, 3.63) is 0 Å². The van der Waals surface area contributed by atoms with Crippen molar-refractivity contribution in [1.82, 2.24) is 10.4 Å². The van der Waals surface area contributed by atoms with Crippen molar-refractivity contribution >= 4 is 17.9 Å². The molecule has 1 rings (SSSR count). The molecule has 1 saturated heterocycles. The molecule has 0 unspecified atom stereocenters. The minimum Gasteiger partial charge on any atom is -0.444 e. The summed E-state index contributed by atoms with van der Waals surface area (Å²) < 4.78 is 4.90. The summed E-state index contributed by atoms with van der Waals surface area (Å²) in [4.78, 5) is 33.4. The van der Waals surface area contributed by atoms with Crippen molar-refractivity contribution < 1.29 is 24.3 Å². The molecule has 0 spiro atoms. The van der Waals surface area contributed by atoms with Gasteiger partial charge in [-0.3, -0.25) is 14.8 Å². The van der Waals surface area contributed by atoms with Gasteiger partial charge in [-0.2, -0.15) is 0 Å². The number of hydroxylamine groups is 2. The first-order valence-electron chi connectivity index (χ1n) is 4.94. The van der Waals surface area contributed by atoms with E-state index in [1.807, 2.05) is 0 Å². The van der Waals surface area contributed by atoms with E-state index in [2.05, 4.69) is 5.32 Å². The highest BCUT2D eigenvalue weighted by atomic mass is 16.6. The topological polar surface area (TPSA) is 122 Å². The van der Waals surface area contributed by atoms with Crippen LogP contribution in [0.25, 0.3) is 0 Å². The fraction of sp³-hybridized carbons (Fsp3) is 0.667. The Balaban J connectivity index is 2.60. The number of amides is 3. The number of carbonyl (C=O) groups excluding carboxylic acids is 3. The van der Waals surface area contributed by atoms with Crippen LogP contribution in [0.4, 0.5) is 4.79 Å². The molecule has 0 saturated carbocycles. The Bertz CT molecular complexity index is 362. The Morgan fingerprint density at radius 3 is 2.41 bits per heavy atom. The molecule has 0 aromatic heterocycles. The highest BCUT2D eigenvalue weighted by Crippen LogP contribution is 2.17. The van der Waals surface area contributed by atoms with Crippen molar-refractivity contribution in [2.45, 2.75) is 38.5 Å². The number of β-lactam (4-membered cyclic amide) rings is 1. The maximum absolute atomic E-state index is 11.3. The molecule has 8 nitrogen and oxygen atoms in total. The molecule has 4 N–H and O–H groups in total. The van der Waals surface area contributed by atoms with Crippen LogP contribution in [0, 0.1) is 0 Å². The van der Waals surface area contributed by atoms with Crippen LogP contribution in [-0.4, -0.2) is 45.9 Å². The first kappa shape index (κ1) is 13.2. The summed E-state index contributed by atoms with van der Waals surface area (Å²) in [6.45, 7) is 4.96. The second kappa shape index (κ2) is 4.21. The predicted molar refractivity (Wildman–Crippen MR) is 54.8 cm³/mol. The molecule has 1 heterocycles. The largest absolute Gasteiger partial charge is 0.444 e. The van der Waals surface area contributed by atoms with Crippen LogP contribution in [0.3, 0.4) is 0 Å². The van der Waals surface area contributed by atoms with Gasteiger partial charge in [0.25, 0.3) is 5.91 Å². The van der Waals surface area contributed by atoms with E-state index in [1.165, 1.54) is 0 Å². The van der Waals surface area contributed by atoms with Gasteiger partial charge in [0.15, 0.2) is 6.04 Å². The molecule has 17 heavy (non-hydrogen) atoms. The van der Waals surface area contributed by atoms with Crippen LogP contribution in [0.2, 0.25) is 0 Å². The lowest BCUT2D eigenvalue weighted by Crippen LogP contribution is -2.73. The number of nitrogens with one attached hydrogen (secondary N) is 1. The first-order chi connectivity index (χ1) is 7.63. The third kappa shape index (κ3) is 2.84. The summed E-state index contributed by atoms with van der Waals surface area (Å²) in [5.41, 5.74) is 4.23. The van der Waals surface area contributed by atoms with Gasteiger partial charge in [0.05, 0.1) is 0 Å². The average molecular weight is 245 g/mol. The van der Waals surface area contributed by atoms with E-state index < -0.39 is 35.6 Å². The molecule has 0 aromatic carbocycles. The molecule has 2 atom stereocenters. The molecule has 96 valence electrons. The first-order valence-corrected chi connectivity index (χ1v) is 4.94. The number of nitrogens with two attached hydrogens (primary N) is 1. The Hall–Kier alpha value is -1.83. The highest BCUT2D eigenvalue weighted by molar-refractivity contribution is 6.01. The van der Waals surface area contributed by atoms with E-state index in [4.69, 9.17) is 15.7 Å². The second-order valence-corrected chi connectivity index (χ2v) is 4.65. The number of alkyl carbamates (subject to hydrolysis) is 1. The smallest absolute Gasteiger partial charge is 0.408 e. The van der Waals surface area contributed by atoms with E-state index in [-0.39, 0.29) is 5.06 Å². The lowest BCUT2D eigenvalue weighted by Gasteiger charge is -2.40. The number of ether oxygens (including phenoxy) is 1. The van der Waals surface area contributed by atoms with Crippen molar-refractivity contribution in [2.24, 2.45) is 5.73 Å². The maximum Gasteiger partial charge on any atom is 0.408 e. The normalized spacial score (nSPS) is 24.0. The number of rotatable bonds is 2. The molecule has 0 radical (unpaired) electrons. The molecule has 0 aromatic rings. The molecule has 1 aliphatic rings. The summed E-state index contributed by atoms with van der Waals surface area (Å²) in [5, 5.41) is 11.4. The molecule has 0 bridgehead atoms. The van der Waals surface area contributed by atoms with Gasteiger partial charge in [0.2, 0.25) is 5.91 Å². The van der Waals surface area contributed by atoms with Gasteiger partial charge in [0.1, 0.15) is 11.6 Å². The number of nitrogens with zero attached hydrogens (tertiary/aromatic N) is 1. The van der Waals surface area contributed by atoms with Gasteiger partial charge in [0, 0.05) is 0 Å². The van der Waals surface area contributed by atoms with E-state index in [9.17, 15) is 14.4 Å². The molecular weight excluding hydrogens is 230 g/mol. The zero-order valence-corrected chi connectivity index (χ0v) is 9.76. The van der Waals surface area contributed by atoms with Crippen LogP contribution in [0.1, 0.15) is 20.8 Å². The molecule has 3 amide bonds. The van der Waals surface area contributed by atoms with Crippen molar-refractivity contribution in [3.63, 3.8) is 0 Å². The summed E-state index contributed by atoms with van der Waals surface area (Å²) >= 11 is 0. The standard InChI is InChI=1S/C9H15N3O5/c1-9(2,3)17-8(15)11-4-5(6(10)13)12(16)7(4)14/h4-5,16H,1-3H3,(H2,10,13)(H,11,15)/t4-,5-/m0/s1. The summed E-state index contributed by atoms with van der Waals surface area (Å²) in [5.74, 6) is -1.71. The minimum atomic E-state index is -1.25. The summed E-state index contributed by atoms with van der Waals surface area (Å²) in [6.07, 6.45) is -0.852. The van der Waals surface area contributed by atoms with Gasteiger partial charge in [-0.1, -0.05) is 0 Å². The van der Waals surface area contributed by atoms with E-state index >= 15 is 0 Å². The number of primary amides is 1. The zero-order valence-electron chi connectivity index (χ0n) is 9.76. The summed E-state index contributed by atoms with van der Waals surface area (Å²) in [6, 6.07) is -2.43. The minimum absolute atomic E-state index is 0.185. The van der Waals surface area contributed by atoms with E-state index in [1.54, 1.807) is 20.8 Å². The molecule has 1 aliphatic heterocycles. The van der Waals surface area contributed by atoms with Gasteiger partial charge in [-0.05, 0) is 20.8 Å². The molecule has 0 aliphatic carbocycles. The van der Waals surface area contributed by atoms with Crippen LogP contribution < -0.4 is 11.1 Å². The predicted octanol–water partition coefficient (Wildman–Crippen LogP) is -1.03. The molecule has 8 heteroatoms. The van der Waals surface area contributed by atoms with Crippen molar-refractivity contribution in [3.8, 4) is 0 Å². The van der Waals surface area contributed by atoms with Crippen molar-refractivity contribution in [2.75, 3.05) is 0 Å². The molecule has 1 fully saturated rings. The van der Waals surface area contributed by atoms with Gasteiger partial charge < -0.3 is 15.8 Å². The Kier molecular flexibility index (Phi) is 3.28. The Morgan fingerprint density at radius 2 is 2.00 bits per heavy atom. The average Bonchev–Trinajstić information content (AvgIpc) is 2.12. The monoisotopic (exact) mass is 245 g/mol. The van der Waals surface area contributed by atoms with E-state index in [0.717, 1.165) is 0 Å². The van der Waals surface area contributed by atoms with Crippen LogP contribution in [-0.2, 0) is 14.3 Å². The van der Waals surface area contributed by atoms with Crippen molar-refractivity contribution in [1.29, 1.82) is 0 Å². The lowest BCUT2D eigenvalue weighted by molar-refractivity contribution is -0.209. The van der Waals surface area contributed by atoms with E-state index in [0.29, 0.717) is 0 Å². The van der Waals surface area contributed by atoms with Crippen LogP contribution in [0.15, 0.2) is 0 Å². The van der Waals surface area contributed by atoms with Crippen LogP contribution in [0.5, 0.6) is 0 Å². The number of hydrogen-bond donors (Lipinski definition) is 3. The Morgan fingerprint density at radius 1 is 1.47 bits per heavy atom.